The molecule has 0 unspecified atom stereocenters. The highest BCUT2D eigenvalue weighted by atomic mass is 32.2. The zero-order valence-corrected chi connectivity index (χ0v) is 12.1. The molecule has 1 aliphatic carbocycles. The molecule has 4 N–H and O–H groups in total. The van der Waals surface area contributed by atoms with Gasteiger partial charge >= 0.3 is 0 Å². The summed E-state index contributed by atoms with van der Waals surface area (Å²) in [5.74, 6) is -0.137. The summed E-state index contributed by atoms with van der Waals surface area (Å²) in [6.07, 6.45) is 5.40. The topological polar surface area (TPSA) is 87.7 Å². The lowest BCUT2D eigenvalue weighted by atomic mass is 9.80. The normalized spacial score (nSPS) is 18.5. The molecule has 1 fully saturated rings. The van der Waals surface area contributed by atoms with Gasteiger partial charge < -0.3 is 16.3 Å². The quantitative estimate of drug-likeness (QED) is 0.284. The Morgan fingerprint density at radius 3 is 2.39 bits per heavy atom. The summed E-state index contributed by atoms with van der Waals surface area (Å²) in [6, 6.07) is 0. The number of thioether (sulfide) groups is 1. The van der Waals surface area contributed by atoms with Crippen LogP contribution in [0.15, 0.2) is 5.16 Å². The van der Waals surface area contributed by atoms with Crippen LogP contribution in [0.25, 0.3) is 0 Å². The fourth-order valence-electron chi connectivity index (χ4n) is 2.15. The zero-order chi connectivity index (χ0) is 13.8. The molecule has 5 nitrogen and oxygen atoms in total. The fourth-order valence-corrected chi connectivity index (χ4v) is 2.88. The van der Waals surface area contributed by atoms with Crippen molar-refractivity contribution in [3.05, 3.63) is 0 Å². The number of hydrogen-bond donors (Lipinski definition) is 3. The molecule has 0 atom stereocenters. The van der Waals surface area contributed by atoms with Gasteiger partial charge in [-0.25, -0.2) is 0 Å². The van der Waals surface area contributed by atoms with E-state index in [0.29, 0.717) is 19.4 Å². The standard InChI is InChI=1S/C12H23N3O2S/c1-4-12(5-2,9(13)15-17)10(16)14-8-11(18-3)6-7-11/h17H,4-8H2,1-3H3,(H2,13,15)(H,14,16). The third-order valence-electron chi connectivity index (χ3n) is 4.05. The summed E-state index contributed by atoms with van der Waals surface area (Å²) in [7, 11) is 0. The van der Waals surface area contributed by atoms with Gasteiger partial charge in [0, 0.05) is 11.3 Å². The lowest BCUT2D eigenvalue weighted by molar-refractivity contribution is -0.128. The van der Waals surface area contributed by atoms with Crippen LogP contribution in [0.3, 0.4) is 0 Å². The maximum Gasteiger partial charge on any atom is 0.233 e. The number of carbonyl (C=O) groups excluding carboxylic acids is 1. The Hall–Kier alpha value is -0.910. The minimum atomic E-state index is -0.886. The molecular weight excluding hydrogens is 250 g/mol. The molecule has 1 saturated carbocycles. The third-order valence-corrected chi connectivity index (χ3v) is 5.47. The van der Waals surface area contributed by atoms with E-state index in [4.69, 9.17) is 10.9 Å². The van der Waals surface area contributed by atoms with Gasteiger partial charge in [-0.05, 0) is 31.9 Å². The van der Waals surface area contributed by atoms with Crippen molar-refractivity contribution in [1.82, 2.24) is 5.32 Å². The van der Waals surface area contributed by atoms with Gasteiger partial charge in [-0.3, -0.25) is 4.79 Å². The fraction of sp³-hybridized carbons (Fsp3) is 0.833. The van der Waals surface area contributed by atoms with E-state index in [9.17, 15) is 4.79 Å². The molecule has 1 aliphatic rings. The lowest BCUT2D eigenvalue weighted by Gasteiger charge is -2.29. The molecule has 1 rings (SSSR count). The summed E-state index contributed by atoms with van der Waals surface area (Å²) in [4.78, 5) is 12.3. The van der Waals surface area contributed by atoms with E-state index in [1.165, 1.54) is 0 Å². The van der Waals surface area contributed by atoms with Gasteiger partial charge in [0.1, 0.15) is 5.41 Å². The number of nitrogens with one attached hydrogen (secondary N) is 1. The maximum atomic E-state index is 12.3. The van der Waals surface area contributed by atoms with Crippen LogP contribution in [0, 0.1) is 5.41 Å². The Morgan fingerprint density at radius 2 is 2.06 bits per heavy atom. The molecule has 1 amide bonds. The average molecular weight is 273 g/mol. The smallest absolute Gasteiger partial charge is 0.233 e. The van der Waals surface area contributed by atoms with Crippen molar-refractivity contribution in [2.24, 2.45) is 16.3 Å². The van der Waals surface area contributed by atoms with Gasteiger partial charge in [-0.15, -0.1) is 0 Å². The molecule has 6 heteroatoms. The number of carbonyl (C=O) groups is 1. The van der Waals surface area contributed by atoms with Crippen LogP contribution in [0.5, 0.6) is 0 Å². The third kappa shape index (κ3) is 2.74. The first-order valence-corrected chi connectivity index (χ1v) is 7.54. The Labute approximate surface area is 113 Å². The highest BCUT2D eigenvalue weighted by Crippen LogP contribution is 2.46. The van der Waals surface area contributed by atoms with Crippen molar-refractivity contribution < 1.29 is 10.0 Å². The highest BCUT2D eigenvalue weighted by Gasteiger charge is 2.45. The van der Waals surface area contributed by atoms with Crippen molar-refractivity contribution in [2.75, 3.05) is 12.8 Å². The summed E-state index contributed by atoms with van der Waals surface area (Å²) in [5, 5.41) is 14.8. The van der Waals surface area contributed by atoms with E-state index in [1.54, 1.807) is 11.8 Å². The van der Waals surface area contributed by atoms with Crippen LogP contribution in [-0.4, -0.2) is 34.5 Å². The molecule has 18 heavy (non-hydrogen) atoms. The van der Waals surface area contributed by atoms with E-state index in [-0.39, 0.29) is 16.5 Å². The molecule has 0 spiro atoms. The van der Waals surface area contributed by atoms with Crippen molar-refractivity contribution >= 4 is 23.5 Å². The minimum absolute atomic E-state index is 0.000927. The van der Waals surface area contributed by atoms with Crippen molar-refractivity contribution in [3.63, 3.8) is 0 Å². The van der Waals surface area contributed by atoms with E-state index in [1.807, 2.05) is 13.8 Å². The van der Waals surface area contributed by atoms with Gasteiger partial charge in [0.2, 0.25) is 5.91 Å². The maximum absolute atomic E-state index is 12.3. The van der Waals surface area contributed by atoms with E-state index >= 15 is 0 Å². The first kappa shape index (κ1) is 15.1. The van der Waals surface area contributed by atoms with Crippen molar-refractivity contribution in [2.45, 2.75) is 44.3 Å². The summed E-state index contributed by atoms with van der Waals surface area (Å²) in [6.45, 7) is 4.42. The zero-order valence-electron chi connectivity index (χ0n) is 11.3. The molecule has 0 saturated heterocycles. The lowest BCUT2D eigenvalue weighted by Crippen LogP contribution is -2.50. The van der Waals surface area contributed by atoms with Crippen LogP contribution in [0.1, 0.15) is 39.5 Å². The van der Waals surface area contributed by atoms with E-state index < -0.39 is 5.41 Å². The Kier molecular flexibility index (Phi) is 4.90. The van der Waals surface area contributed by atoms with Crippen molar-refractivity contribution in [1.29, 1.82) is 0 Å². The molecule has 0 aliphatic heterocycles. The van der Waals surface area contributed by atoms with Gasteiger partial charge in [-0.2, -0.15) is 11.8 Å². The van der Waals surface area contributed by atoms with Crippen LogP contribution < -0.4 is 11.1 Å². The molecule has 0 aromatic rings. The molecule has 0 aromatic heterocycles. The molecular formula is C12H23N3O2S. The number of nitrogens with zero attached hydrogens (tertiary/aromatic N) is 1. The number of hydrogen-bond acceptors (Lipinski definition) is 4. The minimum Gasteiger partial charge on any atom is -0.409 e. The largest absolute Gasteiger partial charge is 0.409 e. The molecule has 0 bridgehead atoms. The SMILES string of the molecule is CCC(CC)(C(=O)NCC1(SC)CC1)C(N)=NO. The van der Waals surface area contributed by atoms with Crippen LogP contribution in [-0.2, 0) is 4.79 Å². The van der Waals surface area contributed by atoms with Crippen LogP contribution >= 0.6 is 11.8 Å². The average Bonchev–Trinajstić information content (AvgIpc) is 3.18. The second kappa shape index (κ2) is 5.82. The Morgan fingerprint density at radius 1 is 1.50 bits per heavy atom. The van der Waals surface area contributed by atoms with Gasteiger partial charge in [0.25, 0.3) is 0 Å². The molecule has 0 radical (unpaired) electrons. The van der Waals surface area contributed by atoms with Crippen LogP contribution in [0.4, 0.5) is 0 Å². The van der Waals surface area contributed by atoms with Gasteiger partial charge in [0.15, 0.2) is 5.84 Å². The monoisotopic (exact) mass is 273 g/mol. The predicted octanol–water partition coefficient (Wildman–Crippen LogP) is 1.55. The summed E-state index contributed by atoms with van der Waals surface area (Å²) in [5.41, 5.74) is 4.81. The molecule has 104 valence electrons. The number of nitrogens with two attached hydrogens (primary N) is 1. The molecule has 0 heterocycles. The first-order valence-electron chi connectivity index (χ1n) is 6.31. The van der Waals surface area contributed by atoms with E-state index in [0.717, 1.165) is 12.8 Å². The number of amides is 1. The Bertz CT molecular complexity index is 336. The summed E-state index contributed by atoms with van der Waals surface area (Å²) < 4.78 is 0.216. The number of amidine groups is 1. The van der Waals surface area contributed by atoms with Gasteiger partial charge in [0.05, 0.1) is 0 Å². The molecule has 0 aromatic carbocycles. The van der Waals surface area contributed by atoms with Crippen molar-refractivity contribution in [3.8, 4) is 0 Å². The predicted molar refractivity (Wildman–Crippen MR) is 74.9 cm³/mol. The second-order valence-electron chi connectivity index (χ2n) is 4.84. The second-order valence-corrected chi connectivity index (χ2v) is 6.12. The Balaban J connectivity index is 2.71. The summed E-state index contributed by atoms with van der Waals surface area (Å²) >= 11 is 1.79. The van der Waals surface area contributed by atoms with Gasteiger partial charge in [-0.1, -0.05) is 19.0 Å². The van der Waals surface area contributed by atoms with E-state index in [2.05, 4.69) is 16.7 Å². The number of oxime groups is 1. The first-order chi connectivity index (χ1) is 8.50. The number of rotatable bonds is 7. The highest BCUT2D eigenvalue weighted by molar-refractivity contribution is 8.00. The van der Waals surface area contributed by atoms with Crippen LogP contribution in [0.2, 0.25) is 0 Å².